The van der Waals surface area contributed by atoms with Gasteiger partial charge in [0.1, 0.15) is 0 Å². The number of rotatable bonds is 5. The second-order valence-corrected chi connectivity index (χ2v) is 8.73. The fraction of sp³-hybridized carbons (Fsp3) is 0.417. The zero-order valence-electron chi connectivity index (χ0n) is 10.9. The highest BCUT2D eigenvalue weighted by atomic mass is 32.2. The van der Waals surface area contributed by atoms with Crippen LogP contribution in [-0.2, 0) is 16.6 Å². The molecule has 2 aromatic heterocycles. The summed E-state index contributed by atoms with van der Waals surface area (Å²) in [7, 11) is -3.51. The summed E-state index contributed by atoms with van der Waals surface area (Å²) in [5.74, 6) is 0. The van der Waals surface area contributed by atoms with Gasteiger partial charge in [-0.25, -0.2) is 13.4 Å². The molecule has 0 bridgehead atoms. The summed E-state index contributed by atoms with van der Waals surface area (Å²) in [6, 6.07) is 2.08. The minimum atomic E-state index is -3.51. The normalized spacial score (nSPS) is 15.9. The smallest absolute Gasteiger partial charge is 0.255 e. The minimum absolute atomic E-state index is 0.114. The molecule has 2 heterocycles. The van der Waals surface area contributed by atoms with Crippen molar-refractivity contribution in [1.82, 2.24) is 9.29 Å². The summed E-state index contributed by atoms with van der Waals surface area (Å²) < 4.78 is 27.5. The van der Waals surface area contributed by atoms with E-state index in [0.717, 1.165) is 29.7 Å². The van der Waals surface area contributed by atoms with E-state index in [2.05, 4.69) is 4.98 Å². The molecular formula is C12H15N3O2S3. The Morgan fingerprint density at radius 1 is 1.50 bits per heavy atom. The number of nitrogens with zero attached hydrogens (tertiary/aromatic N) is 2. The molecule has 0 amide bonds. The number of hydrogen-bond acceptors (Lipinski definition) is 6. The van der Waals surface area contributed by atoms with Crippen molar-refractivity contribution in [2.24, 2.45) is 0 Å². The number of anilines is 1. The average Bonchev–Trinajstić information content (AvgIpc) is 2.96. The SMILES string of the molecule is Cc1nc(N)sc1S(=O)(=O)N(Cc1ccsc1)C1CC1. The van der Waals surface area contributed by atoms with Gasteiger partial charge in [0.2, 0.25) is 0 Å². The van der Waals surface area contributed by atoms with Crippen LogP contribution in [0, 0.1) is 6.92 Å². The van der Waals surface area contributed by atoms with Crippen LogP contribution in [-0.4, -0.2) is 23.7 Å². The summed E-state index contributed by atoms with van der Waals surface area (Å²) in [5, 5.41) is 4.24. The van der Waals surface area contributed by atoms with Crippen LogP contribution < -0.4 is 5.73 Å². The second-order valence-electron chi connectivity index (χ2n) is 4.84. The zero-order chi connectivity index (χ0) is 14.3. The van der Waals surface area contributed by atoms with Gasteiger partial charge in [-0.1, -0.05) is 11.3 Å². The predicted molar refractivity (Wildman–Crippen MR) is 81.3 cm³/mol. The molecule has 5 nitrogen and oxygen atoms in total. The van der Waals surface area contributed by atoms with Crippen LogP contribution >= 0.6 is 22.7 Å². The lowest BCUT2D eigenvalue weighted by molar-refractivity contribution is 0.400. The van der Waals surface area contributed by atoms with Gasteiger partial charge >= 0.3 is 0 Å². The average molecular weight is 329 g/mol. The van der Waals surface area contributed by atoms with Gasteiger partial charge in [-0.2, -0.15) is 15.6 Å². The number of aromatic nitrogens is 1. The minimum Gasteiger partial charge on any atom is -0.375 e. The van der Waals surface area contributed by atoms with Crippen LogP contribution in [0.1, 0.15) is 24.1 Å². The molecule has 1 aliphatic carbocycles. The highest BCUT2D eigenvalue weighted by molar-refractivity contribution is 7.91. The lowest BCUT2D eigenvalue weighted by Gasteiger charge is -2.20. The monoisotopic (exact) mass is 329 g/mol. The third kappa shape index (κ3) is 2.60. The number of hydrogen-bond donors (Lipinski definition) is 1. The Labute approximate surface area is 126 Å². The Bertz CT molecular complexity index is 702. The van der Waals surface area contributed by atoms with Gasteiger partial charge in [0.05, 0.1) is 5.69 Å². The molecule has 0 atom stereocenters. The van der Waals surface area contributed by atoms with Crippen molar-refractivity contribution < 1.29 is 8.42 Å². The fourth-order valence-electron chi connectivity index (χ4n) is 2.08. The fourth-order valence-corrected chi connectivity index (χ4v) is 5.83. The predicted octanol–water partition coefficient (Wildman–Crippen LogP) is 2.45. The molecule has 2 N–H and O–H groups in total. The molecule has 0 saturated heterocycles. The molecule has 1 aliphatic rings. The number of thiophene rings is 1. The molecule has 0 unspecified atom stereocenters. The quantitative estimate of drug-likeness (QED) is 0.914. The first-order chi connectivity index (χ1) is 9.48. The van der Waals surface area contributed by atoms with E-state index in [4.69, 9.17) is 5.73 Å². The Morgan fingerprint density at radius 2 is 2.25 bits per heavy atom. The topological polar surface area (TPSA) is 76.3 Å². The van der Waals surface area contributed by atoms with Crippen LogP contribution in [0.2, 0.25) is 0 Å². The summed E-state index contributed by atoms with van der Waals surface area (Å²) in [4.78, 5) is 4.03. The Balaban J connectivity index is 1.96. The van der Waals surface area contributed by atoms with Gasteiger partial charge in [0.25, 0.3) is 10.0 Å². The number of aryl methyl sites for hydroxylation is 1. The van der Waals surface area contributed by atoms with Crippen molar-refractivity contribution in [2.45, 2.75) is 36.6 Å². The highest BCUT2D eigenvalue weighted by Crippen LogP contribution is 2.36. The highest BCUT2D eigenvalue weighted by Gasteiger charge is 2.39. The number of nitrogen functional groups attached to an aromatic ring is 1. The van der Waals surface area contributed by atoms with E-state index in [0.29, 0.717) is 17.4 Å². The van der Waals surface area contributed by atoms with Crippen molar-refractivity contribution >= 4 is 37.8 Å². The maximum absolute atomic E-state index is 12.8. The number of sulfonamides is 1. The Hall–Kier alpha value is -0.960. The first-order valence-corrected chi connectivity index (χ1v) is 9.44. The van der Waals surface area contributed by atoms with E-state index < -0.39 is 10.0 Å². The maximum Gasteiger partial charge on any atom is 0.255 e. The van der Waals surface area contributed by atoms with Gasteiger partial charge < -0.3 is 5.73 Å². The van der Waals surface area contributed by atoms with Crippen molar-refractivity contribution in [3.05, 3.63) is 28.1 Å². The molecular weight excluding hydrogens is 314 g/mol. The largest absolute Gasteiger partial charge is 0.375 e. The lowest BCUT2D eigenvalue weighted by atomic mass is 10.3. The van der Waals surface area contributed by atoms with E-state index >= 15 is 0 Å². The molecule has 1 saturated carbocycles. The van der Waals surface area contributed by atoms with Crippen molar-refractivity contribution in [2.75, 3.05) is 5.73 Å². The van der Waals surface area contributed by atoms with Crippen molar-refractivity contribution in [3.8, 4) is 0 Å². The van der Waals surface area contributed by atoms with Gasteiger partial charge in [-0.3, -0.25) is 0 Å². The zero-order valence-corrected chi connectivity index (χ0v) is 13.4. The van der Waals surface area contributed by atoms with E-state index in [9.17, 15) is 8.42 Å². The molecule has 8 heteroatoms. The lowest BCUT2D eigenvalue weighted by Crippen LogP contribution is -2.32. The molecule has 3 rings (SSSR count). The summed E-state index contributed by atoms with van der Waals surface area (Å²) >= 11 is 2.62. The van der Waals surface area contributed by atoms with Crippen LogP contribution in [0.25, 0.3) is 0 Å². The molecule has 20 heavy (non-hydrogen) atoms. The standard InChI is InChI=1S/C12H15N3O2S3/c1-8-11(19-12(13)14-8)20(16,17)15(10-2-3-10)6-9-4-5-18-7-9/h4-5,7,10H,2-3,6H2,1H3,(H2,13,14). The first kappa shape index (κ1) is 14.0. The molecule has 1 fully saturated rings. The van der Waals surface area contributed by atoms with Crippen LogP contribution in [0.15, 0.2) is 21.0 Å². The van der Waals surface area contributed by atoms with Crippen LogP contribution in [0.5, 0.6) is 0 Å². The first-order valence-electron chi connectivity index (χ1n) is 6.24. The number of nitrogens with two attached hydrogens (primary N) is 1. The molecule has 2 aromatic rings. The van der Waals surface area contributed by atoms with Crippen molar-refractivity contribution in [3.63, 3.8) is 0 Å². The maximum atomic E-state index is 12.8. The van der Waals surface area contributed by atoms with E-state index in [-0.39, 0.29) is 10.3 Å². The van der Waals surface area contributed by atoms with E-state index in [1.54, 1.807) is 22.6 Å². The van der Waals surface area contributed by atoms with Gasteiger partial charge in [0.15, 0.2) is 9.34 Å². The van der Waals surface area contributed by atoms with Gasteiger partial charge in [-0.05, 0) is 42.2 Å². The molecule has 108 valence electrons. The Morgan fingerprint density at radius 3 is 2.75 bits per heavy atom. The Kier molecular flexibility index (Phi) is 3.57. The summed E-state index contributed by atoms with van der Waals surface area (Å²) in [6.07, 6.45) is 1.85. The van der Waals surface area contributed by atoms with E-state index in [1.165, 1.54) is 0 Å². The van der Waals surface area contributed by atoms with Gasteiger partial charge in [0, 0.05) is 12.6 Å². The van der Waals surface area contributed by atoms with E-state index in [1.807, 2.05) is 16.8 Å². The molecule has 0 radical (unpaired) electrons. The summed E-state index contributed by atoms with van der Waals surface area (Å²) in [6.45, 7) is 2.11. The second kappa shape index (κ2) is 5.10. The summed E-state index contributed by atoms with van der Waals surface area (Å²) in [5.41, 5.74) is 7.15. The van der Waals surface area contributed by atoms with Gasteiger partial charge in [-0.15, -0.1) is 0 Å². The third-order valence-corrected chi connectivity index (χ3v) is 7.39. The van der Waals surface area contributed by atoms with Crippen LogP contribution in [0.4, 0.5) is 5.13 Å². The molecule has 0 spiro atoms. The molecule has 0 aromatic carbocycles. The van der Waals surface area contributed by atoms with Crippen molar-refractivity contribution in [1.29, 1.82) is 0 Å². The molecule has 0 aliphatic heterocycles. The van der Waals surface area contributed by atoms with Crippen LogP contribution in [0.3, 0.4) is 0 Å². The number of thiazole rings is 1. The third-order valence-electron chi connectivity index (χ3n) is 3.19.